The molecule has 0 saturated carbocycles. The van der Waals surface area contributed by atoms with Crippen molar-refractivity contribution in [2.24, 2.45) is 0 Å². The molecule has 15 heavy (non-hydrogen) atoms. The number of nitrogen functional groups attached to an aromatic ring is 1. The maximum atomic E-state index is 11.7. The molecule has 0 aromatic heterocycles. The van der Waals surface area contributed by atoms with E-state index in [2.05, 4.69) is 10.6 Å². The SMILES string of the molecule is C#CCNS(=O)(=O)c1c(N)cccc1Cl. The normalized spacial score (nSPS) is 10.9. The van der Waals surface area contributed by atoms with E-state index >= 15 is 0 Å². The number of sulfonamides is 1. The molecule has 0 amide bonds. The zero-order valence-corrected chi connectivity index (χ0v) is 9.27. The standard InChI is InChI=1S/C9H9ClN2O2S/c1-2-6-12-15(13,14)9-7(10)4-3-5-8(9)11/h1,3-5,12H,6,11H2. The number of terminal acetylenes is 1. The van der Waals surface area contributed by atoms with E-state index in [9.17, 15) is 8.42 Å². The first-order valence-corrected chi connectivity index (χ1v) is 5.82. The minimum absolute atomic E-state index is 0.0690. The van der Waals surface area contributed by atoms with Gasteiger partial charge in [0.15, 0.2) is 0 Å². The molecular weight excluding hydrogens is 236 g/mol. The molecule has 1 aromatic rings. The van der Waals surface area contributed by atoms with Crippen molar-refractivity contribution in [3.8, 4) is 12.3 Å². The fraction of sp³-hybridized carbons (Fsp3) is 0.111. The van der Waals surface area contributed by atoms with E-state index in [1.807, 2.05) is 0 Å². The molecule has 0 aliphatic carbocycles. The molecule has 0 spiro atoms. The molecular formula is C9H9ClN2O2S. The molecule has 0 bridgehead atoms. The van der Waals surface area contributed by atoms with Crippen molar-refractivity contribution in [3.05, 3.63) is 23.2 Å². The zero-order chi connectivity index (χ0) is 11.5. The van der Waals surface area contributed by atoms with Gasteiger partial charge in [-0.3, -0.25) is 0 Å². The lowest BCUT2D eigenvalue weighted by Crippen LogP contribution is -2.25. The van der Waals surface area contributed by atoms with E-state index in [0.717, 1.165) is 0 Å². The summed E-state index contributed by atoms with van der Waals surface area (Å²) in [4.78, 5) is -0.137. The van der Waals surface area contributed by atoms with Gasteiger partial charge in [0.2, 0.25) is 10.0 Å². The van der Waals surface area contributed by atoms with E-state index in [4.69, 9.17) is 23.8 Å². The van der Waals surface area contributed by atoms with Crippen molar-refractivity contribution in [2.75, 3.05) is 12.3 Å². The average Bonchev–Trinajstić information content (AvgIpc) is 2.14. The molecule has 4 nitrogen and oxygen atoms in total. The van der Waals surface area contributed by atoms with E-state index < -0.39 is 10.0 Å². The van der Waals surface area contributed by atoms with Gasteiger partial charge in [0.05, 0.1) is 17.3 Å². The summed E-state index contributed by atoms with van der Waals surface area (Å²) in [5.41, 5.74) is 5.61. The maximum absolute atomic E-state index is 11.7. The van der Waals surface area contributed by atoms with Gasteiger partial charge in [0, 0.05) is 0 Å². The maximum Gasteiger partial charge on any atom is 0.244 e. The van der Waals surface area contributed by atoms with Gasteiger partial charge < -0.3 is 5.73 Å². The minimum atomic E-state index is -3.73. The van der Waals surface area contributed by atoms with Gasteiger partial charge in [-0.15, -0.1) is 6.42 Å². The highest BCUT2D eigenvalue weighted by molar-refractivity contribution is 7.89. The van der Waals surface area contributed by atoms with Crippen LogP contribution < -0.4 is 10.5 Å². The summed E-state index contributed by atoms with van der Waals surface area (Å²) < 4.78 is 25.5. The third kappa shape index (κ3) is 2.63. The highest BCUT2D eigenvalue weighted by Crippen LogP contribution is 2.26. The Bertz CT molecular complexity index is 485. The molecule has 0 atom stereocenters. The van der Waals surface area contributed by atoms with Crippen molar-refractivity contribution in [1.29, 1.82) is 0 Å². The molecule has 3 N–H and O–H groups in total. The topological polar surface area (TPSA) is 72.2 Å². The number of nitrogens with one attached hydrogen (secondary N) is 1. The quantitative estimate of drug-likeness (QED) is 0.611. The first kappa shape index (κ1) is 11.9. The first-order chi connectivity index (χ1) is 6.99. The Labute approximate surface area is 93.5 Å². The Balaban J connectivity index is 3.22. The van der Waals surface area contributed by atoms with Gasteiger partial charge in [-0.2, -0.15) is 4.72 Å². The molecule has 0 fully saturated rings. The largest absolute Gasteiger partial charge is 0.398 e. The van der Waals surface area contributed by atoms with Crippen molar-refractivity contribution in [3.63, 3.8) is 0 Å². The van der Waals surface area contributed by atoms with Crippen LogP contribution in [-0.4, -0.2) is 15.0 Å². The highest BCUT2D eigenvalue weighted by Gasteiger charge is 2.19. The lowest BCUT2D eigenvalue weighted by Gasteiger charge is -2.08. The predicted octanol–water partition coefficient (Wildman–Crippen LogP) is 0.834. The van der Waals surface area contributed by atoms with Crippen LogP contribution in [-0.2, 0) is 10.0 Å². The van der Waals surface area contributed by atoms with Crippen LogP contribution in [0.2, 0.25) is 5.02 Å². The van der Waals surface area contributed by atoms with Crippen LogP contribution in [0.4, 0.5) is 5.69 Å². The van der Waals surface area contributed by atoms with Crippen molar-refractivity contribution in [1.82, 2.24) is 4.72 Å². The van der Waals surface area contributed by atoms with Gasteiger partial charge in [-0.05, 0) is 12.1 Å². The van der Waals surface area contributed by atoms with Crippen LogP contribution >= 0.6 is 11.6 Å². The third-order valence-electron chi connectivity index (χ3n) is 1.63. The fourth-order valence-electron chi connectivity index (χ4n) is 1.02. The summed E-state index contributed by atoms with van der Waals surface area (Å²) in [6.45, 7) is -0.104. The van der Waals surface area contributed by atoms with Crippen LogP contribution in [0.1, 0.15) is 0 Å². The molecule has 1 rings (SSSR count). The Kier molecular flexibility index (Phi) is 3.58. The number of nitrogens with two attached hydrogens (primary N) is 1. The lowest BCUT2D eigenvalue weighted by molar-refractivity contribution is 0.586. The van der Waals surface area contributed by atoms with Crippen LogP contribution in [0, 0.1) is 12.3 Å². The van der Waals surface area contributed by atoms with Crippen molar-refractivity contribution >= 4 is 27.3 Å². The second-order valence-corrected chi connectivity index (χ2v) is 4.80. The molecule has 6 heteroatoms. The van der Waals surface area contributed by atoms with E-state index in [0.29, 0.717) is 0 Å². The summed E-state index contributed by atoms with van der Waals surface area (Å²) in [6, 6.07) is 4.47. The number of halogens is 1. The number of anilines is 1. The van der Waals surface area contributed by atoms with Crippen LogP contribution in [0.5, 0.6) is 0 Å². The van der Waals surface area contributed by atoms with Gasteiger partial charge in [-0.1, -0.05) is 23.6 Å². The molecule has 0 radical (unpaired) electrons. The number of rotatable bonds is 3. The van der Waals surface area contributed by atoms with Crippen LogP contribution in [0.15, 0.2) is 23.1 Å². The Morgan fingerprint density at radius 1 is 1.53 bits per heavy atom. The van der Waals surface area contributed by atoms with E-state index in [1.165, 1.54) is 12.1 Å². The van der Waals surface area contributed by atoms with E-state index in [1.54, 1.807) is 6.07 Å². The average molecular weight is 245 g/mol. The molecule has 0 aliphatic rings. The summed E-state index contributed by atoms with van der Waals surface area (Å²) in [5.74, 6) is 2.16. The monoisotopic (exact) mass is 244 g/mol. The van der Waals surface area contributed by atoms with Crippen LogP contribution in [0.25, 0.3) is 0 Å². The summed E-state index contributed by atoms with van der Waals surface area (Å²) >= 11 is 5.74. The second-order valence-electron chi connectivity index (χ2n) is 2.69. The van der Waals surface area contributed by atoms with Gasteiger partial charge >= 0.3 is 0 Å². The Morgan fingerprint density at radius 2 is 2.20 bits per heavy atom. The van der Waals surface area contributed by atoms with Gasteiger partial charge in [0.25, 0.3) is 0 Å². The van der Waals surface area contributed by atoms with Crippen LogP contribution in [0.3, 0.4) is 0 Å². The molecule has 0 saturated heterocycles. The Hall–Kier alpha value is -1.22. The molecule has 0 aliphatic heterocycles. The summed E-state index contributed by atoms with van der Waals surface area (Å²) in [7, 11) is -3.73. The third-order valence-corrected chi connectivity index (χ3v) is 3.57. The Morgan fingerprint density at radius 3 is 2.73 bits per heavy atom. The lowest BCUT2D eigenvalue weighted by atomic mass is 10.3. The summed E-state index contributed by atoms with van der Waals surface area (Å²) in [5, 5.41) is 0.0690. The second kappa shape index (κ2) is 4.53. The first-order valence-electron chi connectivity index (χ1n) is 3.96. The smallest absolute Gasteiger partial charge is 0.244 e. The number of hydrogen-bond donors (Lipinski definition) is 2. The molecule has 1 aromatic carbocycles. The van der Waals surface area contributed by atoms with Gasteiger partial charge in [-0.25, -0.2) is 8.42 Å². The summed E-state index contributed by atoms with van der Waals surface area (Å²) in [6.07, 6.45) is 4.95. The fourth-order valence-corrected chi connectivity index (χ4v) is 2.63. The predicted molar refractivity (Wildman–Crippen MR) is 59.9 cm³/mol. The zero-order valence-electron chi connectivity index (χ0n) is 7.70. The van der Waals surface area contributed by atoms with Crippen molar-refractivity contribution in [2.45, 2.75) is 4.90 Å². The molecule has 80 valence electrons. The van der Waals surface area contributed by atoms with E-state index in [-0.39, 0.29) is 22.2 Å². The minimum Gasteiger partial charge on any atom is -0.398 e. The highest BCUT2D eigenvalue weighted by atomic mass is 35.5. The number of hydrogen-bond acceptors (Lipinski definition) is 3. The van der Waals surface area contributed by atoms with Crippen molar-refractivity contribution < 1.29 is 8.42 Å². The number of benzene rings is 1. The molecule has 0 heterocycles. The molecule has 0 unspecified atom stereocenters. The van der Waals surface area contributed by atoms with Gasteiger partial charge in [0.1, 0.15) is 4.90 Å².